The van der Waals surface area contributed by atoms with E-state index in [1.807, 2.05) is 0 Å². The van der Waals surface area contributed by atoms with Crippen LogP contribution in [-0.4, -0.2) is 44.3 Å². The molecule has 1 radical (unpaired) electrons. The fraction of sp³-hybridized carbons (Fsp3) is 0.571. The SMILES string of the molecule is NC(=O)S(=O)(=O)CC[C@@H](CNc1ccc(OC(F)(F)F)cc1)NC(=O)[CH]CC1CCCCC1. The van der Waals surface area contributed by atoms with E-state index in [1.54, 1.807) is 6.42 Å². The summed E-state index contributed by atoms with van der Waals surface area (Å²) in [6.07, 6.45) is 2.93. The molecule has 8 nitrogen and oxygen atoms in total. The summed E-state index contributed by atoms with van der Waals surface area (Å²) < 4.78 is 64.1. The van der Waals surface area contributed by atoms with Gasteiger partial charge >= 0.3 is 11.6 Å². The summed E-state index contributed by atoms with van der Waals surface area (Å²) in [5, 5.41) is 4.23. The summed E-state index contributed by atoms with van der Waals surface area (Å²) in [7, 11) is -4.14. The first-order valence-electron chi connectivity index (χ1n) is 10.7. The zero-order valence-electron chi connectivity index (χ0n) is 18.1. The van der Waals surface area contributed by atoms with Gasteiger partial charge in [0.15, 0.2) is 0 Å². The number of rotatable bonds is 11. The number of hydrogen-bond acceptors (Lipinski definition) is 6. The highest BCUT2D eigenvalue weighted by Crippen LogP contribution is 2.27. The molecule has 33 heavy (non-hydrogen) atoms. The lowest BCUT2D eigenvalue weighted by Crippen LogP contribution is -2.42. The van der Waals surface area contributed by atoms with Crippen molar-refractivity contribution in [3.63, 3.8) is 0 Å². The van der Waals surface area contributed by atoms with Gasteiger partial charge in [0.2, 0.25) is 15.7 Å². The van der Waals surface area contributed by atoms with Crippen molar-refractivity contribution in [2.24, 2.45) is 11.7 Å². The Bertz CT molecular complexity index is 885. The lowest BCUT2D eigenvalue weighted by atomic mass is 9.86. The minimum Gasteiger partial charge on any atom is -0.406 e. The number of nitrogens with two attached hydrogens (primary N) is 1. The number of primary amides is 1. The van der Waals surface area contributed by atoms with Gasteiger partial charge in [0, 0.05) is 24.7 Å². The minimum atomic E-state index is -4.80. The number of benzene rings is 1. The standard InChI is InChI=1S/C21H29F3N3O5S/c22-21(23,24)32-18-9-7-16(8-10-18)26-14-17(12-13-33(30,31)20(25)29)27-19(28)11-6-15-4-2-1-3-5-15/h7-11,15,17,26H,1-6,12-14H2,(H2,25,29)(H,27,28)/t17-/m0/s1. The second-order valence-corrected chi connectivity index (χ2v) is 10.1. The Balaban J connectivity index is 1.93. The van der Waals surface area contributed by atoms with Crippen LogP contribution in [0.5, 0.6) is 5.75 Å². The summed E-state index contributed by atoms with van der Waals surface area (Å²) in [4.78, 5) is 23.5. The van der Waals surface area contributed by atoms with Crippen LogP contribution in [0.15, 0.2) is 24.3 Å². The number of amides is 2. The third kappa shape index (κ3) is 10.3. The number of nitrogens with one attached hydrogen (secondary N) is 2. The van der Waals surface area contributed by atoms with E-state index in [2.05, 4.69) is 15.4 Å². The summed E-state index contributed by atoms with van der Waals surface area (Å²) in [6, 6.07) is 4.29. The quantitative estimate of drug-likeness (QED) is 0.434. The molecule has 0 aromatic heterocycles. The van der Waals surface area contributed by atoms with E-state index in [-0.39, 0.29) is 24.6 Å². The molecule has 1 atom stereocenters. The third-order valence-electron chi connectivity index (χ3n) is 5.39. The molecule has 1 aromatic rings. The largest absolute Gasteiger partial charge is 0.573 e. The monoisotopic (exact) mass is 492 g/mol. The Morgan fingerprint density at radius 2 is 1.79 bits per heavy atom. The number of carbonyl (C=O) groups excluding carboxylic acids is 2. The van der Waals surface area contributed by atoms with Crippen LogP contribution in [0.25, 0.3) is 0 Å². The Labute approximate surface area is 191 Å². The van der Waals surface area contributed by atoms with Crippen molar-refractivity contribution in [2.45, 2.75) is 57.3 Å². The topological polar surface area (TPSA) is 128 Å². The van der Waals surface area contributed by atoms with Crippen molar-refractivity contribution in [3.05, 3.63) is 30.7 Å². The van der Waals surface area contributed by atoms with Crippen LogP contribution >= 0.6 is 0 Å². The Hall–Kier alpha value is -2.50. The van der Waals surface area contributed by atoms with E-state index in [1.165, 1.54) is 18.6 Å². The average molecular weight is 493 g/mol. The van der Waals surface area contributed by atoms with Gasteiger partial charge in [-0.3, -0.25) is 9.59 Å². The first kappa shape index (κ1) is 26.7. The summed E-state index contributed by atoms with van der Waals surface area (Å²) >= 11 is 0. The van der Waals surface area contributed by atoms with Gasteiger partial charge in [-0.15, -0.1) is 13.2 Å². The van der Waals surface area contributed by atoms with Crippen molar-refractivity contribution in [1.82, 2.24) is 5.32 Å². The molecule has 0 heterocycles. The van der Waals surface area contributed by atoms with Gasteiger partial charge in [0.25, 0.3) is 0 Å². The predicted octanol–water partition coefficient (Wildman–Crippen LogP) is 3.54. The first-order chi connectivity index (χ1) is 15.4. The number of hydrogen-bond donors (Lipinski definition) is 3. The molecule has 2 amide bonds. The van der Waals surface area contributed by atoms with E-state index >= 15 is 0 Å². The van der Waals surface area contributed by atoms with Crippen LogP contribution in [0.3, 0.4) is 0 Å². The molecule has 1 saturated carbocycles. The molecular formula is C21H29F3N3O5S. The van der Waals surface area contributed by atoms with Crippen LogP contribution in [0.1, 0.15) is 44.9 Å². The zero-order valence-corrected chi connectivity index (χ0v) is 18.9. The Kier molecular flexibility index (Phi) is 9.81. The van der Waals surface area contributed by atoms with Gasteiger partial charge in [-0.05, 0) is 43.0 Å². The van der Waals surface area contributed by atoms with Gasteiger partial charge in [-0.2, -0.15) is 0 Å². The fourth-order valence-corrected chi connectivity index (χ4v) is 4.39. The van der Waals surface area contributed by atoms with E-state index in [0.29, 0.717) is 18.0 Å². The van der Waals surface area contributed by atoms with Crippen molar-refractivity contribution in [3.8, 4) is 5.75 Å². The molecule has 185 valence electrons. The maximum absolute atomic E-state index is 12.4. The molecule has 0 bridgehead atoms. The number of halogens is 3. The highest BCUT2D eigenvalue weighted by atomic mass is 32.2. The molecular weight excluding hydrogens is 463 g/mol. The van der Waals surface area contributed by atoms with Crippen LogP contribution < -0.4 is 21.1 Å². The zero-order chi connectivity index (χ0) is 24.5. The molecule has 0 unspecified atom stereocenters. The first-order valence-corrected chi connectivity index (χ1v) is 12.4. The van der Waals surface area contributed by atoms with Crippen LogP contribution in [0, 0.1) is 12.3 Å². The summed E-state index contributed by atoms with van der Waals surface area (Å²) in [6.45, 7) is 0.0801. The fourth-order valence-electron chi connectivity index (χ4n) is 3.60. The number of ether oxygens (including phenoxy) is 1. The molecule has 0 aliphatic heterocycles. The van der Waals surface area contributed by atoms with Crippen molar-refractivity contribution in [1.29, 1.82) is 0 Å². The molecule has 0 spiro atoms. The maximum Gasteiger partial charge on any atom is 0.573 e. The number of alkyl halides is 3. The van der Waals surface area contributed by atoms with Crippen molar-refractivity contribution < 1.29 is 35.9 Å². The van der Waals surface area contributed by atoms with Crippen LogP contribution in [0.4, 0.5) is 23.7 Å². The maximum atomic E-state index is 12.4. The highest BCUT2D eigenvalue weighted by Gasteiger charge is 2.31. The van der Waals surface area contributed by atoms with Gasteiger partial charge in [-0.25, -0.2) is 8.42 Å². The highest BCUT2D eigenvalue weighted by molar-refractivity contribution is 8.05. The molecule has 1 fully saturated rings. The van der Waals surface area contributed by atoms with Gasteiger partial charge in [-0.1, -0.05) is 32.1 Å². The van der Waals surface area contributed by atoms with E-state index < -0.39 is 33.2 Å². The summed E-state index contributed by atoms with van der Waals surface area (Å²) in [5.74, 6) is -0.829. The molecule has 1 aliphatic carbocycles. The average Bonchev–Trinajstić information content (AvgIpc) is 2.75. The Morgan fingerprint density at radius 3 is 2.36 bits per heavy atom. The van der Waals surface area contributed by atoms with Crippen molar-refractivity contribution in [2.75, 3.05) is 17.6 Å². The van der Waals surface area contributed by atoms with Crippen LogP contribution in [-0.2, 0) is 14.6 Å². The number of sulfone groups is 1. The number of carbonyl (C=O) groups is 2. The normalized spacial score (nSPS) is 16.1. The second-order valence-electron chi connectivity index (χ2n) is 8.03. The smallest absolute Gasteiger partial charge is 0.406 e. The molecule has 2 rings (SSSR count). The van der Waals surface area contributed by atoms with E-state index in [0.717, 1.165) is 37.8 Å². The lowest BCUT2D eigenvalue weighted by molar-refractivity contribution is -0.274. The summed E-state index contributed by atoms with van der Waals surface area (Å²) in [5.41, 5.74) is 5.32. The predicted molar refractivity (Wildman–Crippen MR) is 117 cm³/mol. The van der Waals surface area contributed by atoms with E-state index in [9.17, 15) is 31.2 Å². The third-order valence-corrected chi connectivity index (χ3v) is 6.78. The second kappa shape index (κ2) is 12.1. The van der Waals surface area contributed by atoms with Gasteiger partial charge in [0.05, 0.1) is 5.75 Å². The minimum absolute atomic E-state index is 0.0729. The molecule has 0 saturated heterocycles. The van der Waals surface area contributed by atoms with E-state index in [4.69, 9.17) is 5.73 Å². The van der Waals surface area contributed by atoms with Crippen molar-refractivity contribution >= 4 is 26.7 Å². The lowest BCUT2D eigenvalue weighted by Gasteiger charge is -2.23. The Morgan fingerprint density at radius 1 is 1.15 bits per heavy atom. The molecule has 4 N–H and O–H groups in total. The number of anilines is 1. The molecule has 12 heteroatoms. The molecule has 1 aliphatic rings. The van der Waals surface area contributed by atoms with Gasteiger partial charge in [0.1, 0.15) is 5.75 Å². The van der Waals surface area contributed by atoms with Gasteiger partial charge < -0.3 is 21.1 Å². The molecule has 1 aromatic carbocycles. The van der Waals surface area contributed by atoms with Crippen LogP contribution in [0.2, 0.25) is 0 Å².